The number of rotatable bonds is 2. The zero-order valence-electron chi connectivity index (χ0n) is 10.1. The molecule has 0 bridgehead atoms. The highest BCUT2D eigenvalue weighted by Crippen LogP contribution is 2.30. The molecule has 0 atom stereocenters. The van der Waals surface area contributed by atoms with E-state index in [2.05, 4.69) is 9.59 Å². The molecule has 6 heteroatoms. The Balaban J connectivity index is 1.99. The predicted octanol–water partition coefficient (Wildman–Crippen LogP) is 2.21. The Morgan fingerprint density at radius 3 is 3.11 bits per heavy atom. The normalized spacial score (nSPS) is 16.1. The molecule has 1 aromatic carbocycles. The first kappa shape index (κ1) is 11.9. The van der Waals surface area contributed by atoms with Crippen LogP contribution in [0.4, 0.5) is 0 Å². The van der Waals surface area contributed by atoms with Gasteiger partial charge < -0.3 is 9.47 Å². The first-order valence-corrected chi connectivity index (χ1v) is 6.45. The third kappa shape index (κ3) is 2.22. The summed E-state index contributed by atoms with van der Waals surface area (Å²) in [5, 5.41) is 5.67. The van der Waals surface area contributed by atoms with E-state index in [4.69, 9.17) is 9.47 Å². The molecule has 0 saturated heterocycles. The van der Waals surface area contributed by atoms with Crippen LogP contribution in [0.5, 0.6) is 11.5 Å². The number of carbonyl (C=O) groups is 1. The number of Topliss-reactive ketones (excluding diaryl/α,β-unsaturated/α-hetero) is 1. The summed E-state index contributed by atoms with van der Waals surface area (Å²) < 4.78 is 14.4. The molecule has 1 aliphatic rings. The number of fused-ring (bicyclic) bond motifs is 1. The van der Waals surface area contributed by atoms with E-state index in [9.17, 15) is 4.79 Å². The maximum atomic E-state index is 12.4. The molecule has 19 heavy (non-hydrogen) atoms. The molecule has 2 heterocycles. The highest BCUT2D eigenvalue weighted by Gasteiger charge is 2.24. The van der Waals surface area contributed by atoms with Crippen molar-refractivity contribution in [2.45, 2.75) is 0 Å². The lowest BCUT2D eigenvalue weighted by Crippen LogP contribution is -2.19. The number of aromatic nitrogens is 2. The van der Waals surface area contributed by atoms with Gasteiger partial charge in [0.25, 0.3) is 0 Å². The van der Waals surface area contributed by atoms with E-state index in [0.717, 1.165) is 0 Å². The Morgan fingerprint density at radius 1 is 1.47 bits per heavy atom. The largest absolute Gasteiger partial charge is 0.497 e. The Morgan fingerprint density at radius 2 is 2.37 bits per heavy atom. The number of methoxy groups -OCH3 is 1. The van der Waals surface area contributed by atoms with E-state index in [1.54, 1.807) is 36.8 Å². The predicted molar refractivity (Wildman–Crippen MR) is 70.7 cm³/mol. The van der Waals surface area contributed by atoms with Crippen LogP contribution in [0.25, 0.3) is 6.08 Å². The maximum Gasteiger partial charge on any atom is 0.196 e. The van der Waals surface area contributed by atoms with Gasteiger partial charge in [0.05, 0.1) is 18.4 Å². The summed E-state index contributed by atoms with van der Waals surface area (Å²) in [6.45, 7) is 0.246. The smallest absolute Gasteiger partial charge is 0.196 e. The quantitative estimate of drug-likeness (QED) is 0.786. The zero-order chi connectivity index (χ0) is 13.2. The molecule has 0 N–H and O–H groups in total. The van der Waals surface area contributed by atoms with Gasteiger partial charge in [-0.3, -0.25) is 4.79 Å². The van der Waals surface area contributed by atoms with E-state index in [1.165, 1.54) is 11.5 Å². The van der Waals surface area contributed by atoms with Crippen molar-refractivity contribution in [1.29, 1.82) is 0 Å². The van der Waals surface area contributed by atoms with Gasteiger partial charge in [-0.05, 0) is 35.8 Å². The van der Waals surface area contributed by atoms with E-state index in [1.807, 2.05) is 0 Å². The van der Waals surface area contributed by atoms with Crippen molar-refractivity contribution in [1.82, 2.24) is 9.59 Å². The van der Waals surface area contributed by atoms with Crippen LogP contribution in [-0.2, 0) is 0 Å². The molecule has 0 amide bonds. The molecule has 5 nitrogen and oxygen atoms in total. The Kier molecular flexibility index (Phi) is 3.00. The van der Waals surface area contributed by atoms with Crippen molar-refractivity contribution in [3.05, 3.63) is 40.4 Å². The van der Waals surface area contributed by atoms with E-state index in [-0.39, 0.29) is 12.4 Å². The van der Waals surface area contributed by atoms with Crippen LogP contribution < -0.4 is 9.47 Å². The van der Waals surface area contributed by atoms with Crippen molar-refractivity contribution in [2.24, 2.45) is 0 Å². The van der Waals surface area contributed by atoms with Crippen LogP contribution >= 0.6 is 11.5 Å². The van der Waals surface area contributed by atoms with Crippen LogP contribution in [-0.4, -0.2) is 29.1 Å². The summed E-state index contributed by atoms with van der Waals surface area (Å²) in [5.41, 5.74) is 1.75. The SMILES string of the molecule is COc1ccc2c(c1)C(=O)C(=Cc1csnn1)CO2. The minimum Gasteiger partial charge on any atom is -0.497 e. The Labute approximate surface area is 113 Å². The average Bonchev–Trinajstić information content (AvgIpc) is 2.95. The van der Waals surface area contributed by atoms with Gasteiger partial charge >= 0.3 is 0 Å². The van der Waals surface area contributed by atoms with E-state index in [0.29, 0.717) is 28.3 Å². The number of hydrogen-bond donors (Lipinski definition) is 0. The summed E-state index contributed by atoms with van der Waals surface area (Å²) in [5.74, 6) is 1.15. The molecule has 0 saturated carbocycles. The fraction of sp³-hybridized carbons (Fsp3) is 0.154. The van der Waals surface area contributed by atoms with E-state index >= 15 is 0 Å². The first-order chi connectivity index (χ1) is 9.28. The molecule has 0 fully saturated rings. The second kappa shape index (κ2) is 4.81. The molecule has 3 rings (SSSR count). The molecule has 96 valence electrons. The van der Waals surface area contributed by atoms with Gasteiger partial charge in [-0.2, -0.15) is 0 Å². The number of nitrogens with zero attached hydrogens (tertiary/aromatic N) is 2. The minimum absolute atomic E-state index is 0.0619. The molecular weight excluding hydrogens is 264 g/mol. The van der Waals surface area contributed by atoms with Crippen LogP contribution in [0, 0.1) is 0 Å². The molecule has 0 radical (unpaired) electrons. The number of benzene rings is 1. The van der Waals surface area contributed by atoms with Gasteiger partial charge in [-0.15, -0.1) is 5.10 Å². The lowest BCUT2D eigenvalue weighted by Gasteiger charge is -2.19. The lowest BCUT2D eigenvalue weighted by molar-refractivity contribution is 0.100. The molecule has 2 aromatic rings. The Hall–Kier alpha value is -2.21. The molecule has 0 unspecified atom stereocenters. The molecule has 1 aromatic heterocycles. The third-order valence-electron chi connectivity index (χ3n) is 2.81. The van der Waals surface area contributed by atoms with Gasteiger partial charge in [0.1, 0.15) is 18.1 Å². The fourth-order valence-corrected chi connectivity index (χ4v) is 2.27. The summed E-state index contributed by atoms with van der Waals surface area (Å²) in [6.07, 6.45) is 1.70. The summed E-state index contributed by atoms with van der Waals surface area (Å²) in [4.78, 5) is 12.4. The van der Waals surface area contributed by atoms with Gasteiger partial charge in [0, 0.05) is 11.0 Å². The molecule has 1 aliphatic heterocycles. The van der Waals surface area contributed by atoms with Crippen LogP contribution in [0.2, 0.25) is 0 Å². The lowest BCUT2D eigenvalue weighted by atomic mass is 9.99. The van der Waals surface area contributed by atoms with Crippen molar-refractivity contribution in [3.63, 3.8) is 0 Å². The van der Waals surface area contributed by atoms with Gasteiger partial charge in [0.15, 0.2) is 5.78 Å². The number of ether oxygens (including phenoxy) is 2. The standard InChI is InChI=1S/C13H10N2O3S/c1-17-10-2-3-12-11(5-10)13(16)8(6-18-12)4-9-7-19-15-14-9/h2-5,7H,6H2,1H3. The van der Waals surface area contributed by atoms with Crippen molar-refractivity contribution >= 4 is 23.4 Å². The third-order valence-corrected chi connectivity index (χ3v) is 3.33. The van der Waals surface area contributed by atoms with Gasteiger partial charge in [-0.25, -0.2) is 0 Å². The van der Waals surface area contributed by atoms with Crippen LogP contribution in [0.3, 0.4) is 0 Å². The highest BCUT2D eigenvalue weighted by molar-refractivity contribution is 7.03. The topological polar surface area (TPSA) is 61.3 Å². The van der Waals surface area contributed by atoms with E-state index < -0.39 is 0 Å². The van der Waals surface area contributed by atoms with Crippen LogP contribution in [0.15, 0.2) is 29.2 Å². The highest BCUT2D eigenvalue weighted by atomic mass is 32.1. The number of carbonyl (C=O) groups excluding carboxylic acids is 1. The average molecular weight is 274 g/mol. The molecule has 0 aliphatic carbocycles. The second-order valence-electron chi connectivity index (χ2n) is 3.98. The molecule has 0 spiro atoms. The summed E-state index contributed by atoms with van der Waals surface area (Å²) in [6, 6.07) is 5.20. The summed E-state index contributed by atoms with van der Waals surface area (Å²) in [7, 11) is 1.56. The first-order valence-electron chi connectivity index (χ1n) is 5.61. The number of hydrogen-bond acceptors (Lipinski definition) is 6. The summed E-state index contributed by atoms with van der Waals surface area (Å²) >= 11 is 1.24. The molecular formula is C13H10N2O3S. The minimum atomic E-state index is -0.0619. The number of ketones is 1. The van der Waals surface area contributed by atoms with Gasteiger partial charge in [0.2, 0.25) is 0 Å². The van der Waals surface area contributed by atoms with Crippen molar-refractivity contribution in [2.75, 3.05) is 13.7 Å². The van der Waals surface area contributed by atoms with Crippen molar-refractivity contribution < 1.29 is 14.3 Å². The Bertz CT molecular complexity index is 650. The van der Waals surface area contributed by atoms with Crippen molar-refractivity contribution in [3.8, 4) is 11.5 Å². The maximum absolute atomic E-state index is 12.4. The second-order valence-corrected chi connectivity index (χ2v) is 4.59. The monoisotopic (exact) mass is 274 g/mol. The fourth-order valence-electron chi connectivity index (χ4n) is 1.85. The zero-order valence-corrected chi connectivity index (χ0v) is 10.9. The van der Waals surface area contributed by atoms with Gasteiger partial charge in [-0.1, -0.05) is 4.49 Å². The van der Waals surface area contributed by atoms with Crippen LogP contribution in [0.1, 0.15) is 16.1 Å².